The Hall–Kier alpha value is -2.67. The summed E-state index contributed by atoms with van der Waals surface area (Å²) in [5, 5.41) is 0. The Bertz CT molecular complexity index is 612. The molecule has 0 aliphatic rings. The Morgan fingerprint density at radius 1 is 1.36 bits per heavy atom. The van der Waals surface area contributed by atoms with Gasteiger partial charge in [0.05, 0.1) is 18.5 Å². The smallest absolute Gasteiger partial charge is 0.293 e. The van der Waals surface area contributed by atoms with Crippen molar-refractivity contribution in [2.24, 2.45) is 0 Å². The second kappa shape index (κ2) is 7.94. The molecule has 1 atom stereocenters. The summed E-state index contributed by atoms with van der Waals surface area (Å²) in [6.07, 6.45) is 2.28. The van der Waals surface area contributed by atoms with Crippen LogP contribution in [0.5, 0.6) is 0 Å². The van der Waals surface area contributed by atoms with Gasteiger partial charge in [0.2, 0.25) is 0 Å². The second-order valence-electron chi connectivity index (χ2n) is 4.58. The summed E-state index contributed by atoms with van der Waals surface area (Å²) in [7, 11) is 0. The highest BCUT2D eigenvalue weighted by molar-refractivity contribution is 5.87. The van der Waals surface area contributed by atoms with Crippen LogP contribution in [0.2, 0.25) is 0 Å². The molecular weight excluding hydrogens is 286 g/mol. The van der Waals surface area contributed by atoms with Gasteiger partial charge in [-0.25, -0.2) is 9.66 Å². The van der Waals surface area contributed by atoms with Crippen LogP contribution >= 0.6 is 0 Å². The molecule has 1 N–H and O–H groups in total. The maximum atomic E-state index is 12.1. The van der Waals surface area contributed by atoms with Crippen molar-refractivity contribution >= 4 is 12.4 Å². The zero-order chi connectivity index (χ0) is 15.8. The van der Waals surface area contributed by atoms with Crippen molar-refractivity contribution in [3.05, 3.63) is 54.1 Å². The van der Waals surface area contributed by atoms with Gasteiger partial charge in [-0.1, -0.05) is 30.3 Å². The highest BCUT2D eigenvalue weighted by atomic mass is 16.5. The quantitative estimate of drug-likeness (QED) is 0.742. The van der Waals surface area contributed by atoms with Crippen molar-refractivity contribution in [1.29, 1.82) is 0 Å². The van der Waals surface area contributed by atoms with Gasteiger partial charge in [-0.15, -0.1) is 0 Å². The summed E-state index contributed by atoms with van der Waals surface area (Å²) < 4.78 is 11.6. The lowest BCUT2D eigenvalue weighted by atomic mass is 10.2. The van der Waals surface area contributed by atoms with E-state index in [0.29, 0.717) is 18.8 Å². The molecule has 2 aromatic rings. The minimum atomic E-state index is -0.637. The van der Waals surface area contributed by atoms with Gasteiger partial charge in [-0.3, -0.25) is 15.0 Å². The maximum Gasteiger partial charge on any atom is 0.293 e. The first-order valence-corrected chi connectivity index (χ1v) is 6.73. The first-order valence-electron chi connectivity index (χ1n) is 6.73. The Morgan fingerprint density at radius 2 is 2.14 bits per heavy atom. The number of hydrogen-bond donors (Lipinski definition) is 1. The summed E-state index contributed by atoms with van der Waals surface area (Å²) in [5.74, 6) is -0.318. The molecular formula is C15H17N3O4. The van der Waals surface area contributed by atoms with Crippen LogP contribution in [-0.2, 0) is 32.3 Å². The van der Waals surface area contributed by atoms with Gasteiger partial charge in [0, 0.05) is 0 Å². The number of hydrogen-bond acceptors (Lipinski definition) is 5. The van der Waals surface area contributed by atoms with Crippen molar-refractivity contribution < 1.29 is 19.1 Å². The van der Waals surface area contributed by atoms with Crippen molar-refractivity contribution in [2.45, 2.75) is 26.2 Å². The highest BCUT2D eigenvalue weighted by Crippen LogP contribution is 2.04. The fourth-order valence-electron chi connectivity index (χ4n) is 1.73. The summed E-state index contributed by atoms with van der Waals surface area (Å²) in [6, 6.07) is 9.59. The van der Waals surface area contributed by atoms with Crippen LogP contribution in [0.3, 0.4) is 0 Å². The number of rotatable bonds is 8. The van der Waals surface area contributed by atoms with Gasteiger partial charge in [0.15, 0.2) is 0 Å². The predicted octanol–water partition coefficient (Wildman–Crippen LogP) is 1.23. The van der Waals surface area contributed by atoms with Crippen LogP contribution in [-0.4, -0.2) is 28.1 Å². The van der Waals surface area contributed by atoms with Crippen LogP contribution in [0.25, 0.3) is 0 Å². The van der Waals surface area contributed by atoms with Crippen LogP contribution < -0.4 is 5.43 Å². The molecule has 22 heavy (non-hydrogen) atoms. The largest absolute Gasteiger partial charge is 0.461 e. The standard InChI is InChI=1S/C15H17N3O4/c1-12(22-8-13-5-3-2-4-6-13)15(20)17-18-10-16-7-14(18)9-21-11-19/h2-7,10-12H,8-9H2,1H3,(H,17,20). The third-order valence-corrected chi connectivity index (χ3v) is 2.96. The summed E-state index contributed by atoms with van der Waals surface area (Å²) in [6.45, 7) is 2.38. The normalized spacial score (nSPS) is 11.7. The number of imidazole rings is 1. The molecule has 1 aromatic heterocycles. The van der Waals surface area contributed by atoms with Crippen LogP contribution in [0, 0.1) is 0 Å². The molecule has 0 fully saturated rings. The van der Waals surface area contributed by atoms with Gasteiger partial charge >= 0.3 is 0 Å². The van der Waals surface area contributed by atoms with Crippen molar-refractivity contribution in [1.82, 2.24) is 9.66 Å². The van der Waals surface area contributed by atoms with Gasteiger partial charge < -0.3 is 9.47 Å². The first-order chi connectivity index (χ1) is 10.7. The number of carbonyl (C=O) groups excluding carboxylic acids is 2. The minimum Gasteiger partial charge on any atom is -0.461 e. The average Bonchev–Trinajstić information content (AvgIpc) is 2.98. The number of aromatic nitrogens is 2. The van der Waals surface area contributed by atoms with Crippen LogP contribution in [0.4, 0.5) is 0 Å². The number of nitrogens with one attached hydrogen (secondary N) is 1. The zero-order valence-corrected chi connectivity index (χ0v) is 12.1. The molecule has 0 aliphatic heterocycles. The first kappa shape index (κ1) is 15.7. The molecule has 2 rings (SSSR count). The summed E-state index contributed by atoms with van der Waals surface area (Å²) in [4.78, 5) is 26.2. The maximum absolute atomic E-state index is 12.1. The van der Waals surface area contributed by atoms with E-state index in [1.807, 2.05) is 30.3 Å². The number of nitrogens with zero attached hydrogens (tertiary/aromatic N) is 2. The predicted molar refractivity (Wildman–Crippen MR) is 78.1 cm³/mol. The Balaban J connectivity index is 1.86. The van der Waals surface area contributed by atoms with Crippen LogP contribution in [0.15, 0.2) is 42.9 Å². The van der Waals surface area contributed by atoms with Crippen molar-refractivity contribution in [2.75, 3.05) is 5.43 Å². The molecule has 0 radical (unpaired) electrons. The average molecular weight is 303 g/mol. The molecule has 1 aromatic carbocycles. The summed E-state index contributed by atoms with van der Waals surface area (Å²) in [5.41, 5.74) is 4.17. The topological polar surface area (TPSA) is 82.4 Å². The molecule has 0 bridgehead atoms. The van der Waals surface area contributed by atoms with Gasteiger partial charge in [-0.05, 0) is 12.5 Å². The van der Waals surface area contributed by atoms with E-state index in [4.69, 9.17) is 4.74 Å². The molecule has 7 nitrogen and oxygen atoms in total. The Morgan fingerprint density at radius 3 is 2.86 bits per heavy atom. The second-order valence-corrected chi connectivity index (χ2v) is 4.58. The third kappa shape index (κ3) is 4.42. The third-order valence-electron chi connectivity index (χ3n) is 2.96. The van der Waals surface area contributed by atoms with E-state index in [9.17, 15) is 9.59 Å². The van der Waals surface area contributed by atoms with E-state index in [1.165, 1.54) is 17.2 Å². The molecule has 116 valence electrons. The molecule has 0 saturated heterocycles. The molecule has 1 heterocycles. The number of amides is 1. The summed E-state index contributed by atoms with van der Waals surface area (Å²) >= 11 is 0. The van der Waals surface area contributed by atoms with E-state index < -0.39 is 6.10 Å². The monoisotopic (exact) mass is 303 g/mol. The van der Waals surface area contributed by atoms with Gasteiger partial charge in [0.25, 0.3) is 12.4 Å². The molecule has 1 amide bonds. The van der Waals surface area contributed by atoms with Crippen LogP contribution in [0.1, 0.15) is 18.2 Å². The Kier molecular flexibility index (Phi) is 5.67. The number of benzene rings is 1. The van der Waals surface area contributed by atoms with E-state index in [1.54, 1.807) is 6.92 Å². The van der Waals surface area contributed by atoms with E-state index >= 15 is 0 Å². The number of ether oxygens (including phenoxy) is 2. The minimum absolute atomic E-state index is 0.0308. The fourth-order valence-corrected chi connectivity index (χ4v) is 1.73. The molecule has 1 unspecified atom stereocenters. The lowest BCUT2D eigenvalue weighted by Crippen LogP contribution is -2.33. The van der Waals surface area contributed by atoms with E-state index in [0.717, 1.165) is 5.56 Å². The lowest BCUT2D eigenvalue weighted by molar-refractivity contribution is -0.129. The lowest BCUT2D eigenvalue weighted by Gasteiger charge is -2.15. The Labute approximate surface area is 127 Å². The molecule has 0 saturated carbocycles. The fraction of sp³-hybridized carbons (Fsp3) is 0.267. The molecule has 0 aliphatic carbocycles. The van der Waals surface area contributed by atoms with Crippen molar-refractivity contribution in [3.8, 4) is 0 Å². The van der Waals surface area contributed by atoms with E-state index in [-0.39, 0.29) is 12.5 Å². The van der Waals surface area contributed by atoms with E-state index in [2.05, 4.69) is 15.1 Å². The SMILES string of the molecule is CC(OCc1ccccc1)C(=O)Nn1cncc1COC=O. The zero-order valence-electron chi connectivity index (χ0n) is 12.1. The molecule has 7 heteroatoms. The van der Waals surface area contributed by atoms with Crippen molar-refractivity contribution in [3.63, 3.8) is 0 Å². The highest BCUT2D eigenvalue weighted by Gasteiger charge is 2.15. The molecule has 0 spiro atoms. The van der Waals surface area contributed by atoms with Gasteiger partial charge in [0.1, 0.15) is 19.0 Å². The number of carbonyl (C=O) groups is 2. The van der Waals surface area contributed by atoms with Gasteiger partial charge in [-0.2, -0.15) is 0 Å².